The smallest absolute Gasteiger partial charge is 0.247 e. The summed E-state index contributed by atoms with van der Waals surface area (Å²) in [5.41, 5.74) is 9.09. The van der Waals surface area contributed by atoms with E-state index >= 15 is 0 Å². The minimum absolute atomic E-state index is 0.256. The molecule has 0 fully saturated rings. The van der Waals surface area contributed by atoms with Gasteiger partial charge in [-0.05, 0) is 62.2 Å². The summed E-state index contributed by atoms with van der Waals surface area (Å²) in [7, 11) is 7.99. The number of benzene rings is 2. The second-order valence-corrected chi connectivity index (χ2v) is 11.5. The Labute approximate surface area is 248 Å². The molecule has 3 N–H and O–H groups in total. The number of aromatic nitrogens is 3. The number of carbonyl (C=O) groups excluding carboxylic acids is 1. The van der Waals surface area contributed by atoms with Crippen molar-refractivity contribution in [2.24, 2.45) is 0 Å². The molecule has 3 heterocycles. The number of anilines is 5. The van der Waals surface area contributed by atoms with E-state index in [1.165, 1.54) is 22.5 Å². The SMILES string of the molecule is C=CC(=O)Nc1cc(Nc2ncc(C(C)C)c(-c3cn4c5c(cccc35)CCC4)n2)c(NC)cc1N(C)CCN(C)C. The largest absolute Gasteiger partial charge is 0.386 e. The highest BCUT2D eigenvalue weighted by Gasteiger charge is 2.22. The van der Waals surface area contributed by atoms with E-state index in [2.05, 4.69) is 75.1 Å². The summed E-state index contributed by atoms with van der Waals surface area (Å²) >= 11 is 0. The molecule has 0 saturated heterocycles. The molecule has 1 aliphatic rings. The molecule has 0 unspecified atom stereocenters. The molecule has 0 aliphatic carbocycles. The zero-order valence-corrected chi connectivity index (χ0v) is 25.6. The van der Waals surface area contributed by atoms with Crippen molar-refractivity contribution in [2.45, 2.75) is 39.2 Å². The summed E-state index contributed by atoms with van der Waals surface area (Å²) in [6.45, 7) is 10.7. The second kappa shape index (κ2) is 12.2. The van der Waals surface area contributed by atoms with Crippen LogP contribution >= 0.6 is 0 Å². The normalized spacial score (nSPS) is 12.6. The molecule has 0 radical (unpaired) electrons. The van der Waals surface area contributed by atoms with Crippen molar-refractivity contribution in [3.8, 4) is 11.3 Å². The number of amides is 1. The standard InChI is InChI=1S/C33H42N8O/c1-8-30(42)36-28-17-27(26(34-4)18-29(28)40(7)16-15-39(5)6)37-33-35-19-24(21(2)3)31(38-33)25-20-41-14-10-12-22-11-9-13-23(25)32(22)41/h8-9,11,13,17-21,34H,1,10,12,14-16H2,2-7H3,(H,36,42)(H,35,37,38). The molecule has 42 heavy (non-hydrogen) atoms. The van der Waals surface area contributed by atoms with Crippen molar-refractivity contribution in [3.63, 3.8) is 0 Å². The molecule has 4 aromatic rings. The van der Waals surface area contributed by atoms with Crippen molar-refractivity contribution in [1.29, 1.82) is 0 Å². The lowest BCUT2D eigenvalue weighted by Gasteiger charge is -2.26. The average Bonchev–Trinajstić information content (AvgIpc) is 3.36. The van der Waals surface area contributed by atoms with Crippen molar-refractivity contribution in [1.82, 2.24) is 19.4 Å². The van der Waals surface area contributed by atoms with Crippen LogP contribution in [0, 0.1) is 0 Å². The number of hydrogen-bond acceptors (Lipinski definition) is 7. The van der Waals surface area contributed by atoms with Gasteiger partial charge in [0.05, 0.1) is 34.0 Å². The summed E-state index contributed by atoms with van der Waals surface area (Å²) in [6, 6.07) is 10.6. The van der Waals surface area contributed by atoms with E-state index in [0.29, 0.717) is 11.6 Å². The van der Waals surface area contributed by atoms with Gasteiger partial charge >= 0.3 is 0 Å². The Hall–Kier alpha value is -4.37. The predicted molar refractivity (Wildman–Crippen MR) is 175 cm³/mol. The van der Waals surface area contributed by atoms with Crippen LogP contribution in [0.15, 0.2) is 55.4 Å². The number of rotatable bonds is 11. The van der Waals surface area contributed by atoms with Gasteiger partial charge in [-0.1, -0.05) is 38.6 Å². The van der Waals surface area contributed by atoms with Gasteiger partial charge in [0, 0.05) is 57.1 Å². The Morgan fingerprint density at radius 3 is 2.67 bits per heavy atom. The molecule has 9 heteroatoms. The van der Waals surface area contributed by atoms with Crippen molar-refractivity contribution in [2.75, 3.05) is 62.1 Å². The third-order valence-electron chi connectivity index (χ3n) is 7.91. The highest BCUT2D eigenvalue weighted by Crippen LogP contribution is 2.39. The fourth-order valence-corrected chi connectivity index (χ4v) is 5.62. The number of likely N-dealkylation sites (N-methyl/N-ethyl adjacent to an activating group) is 2. The molecule has 0 atom stereocenters. The number of aryl methyl sites for hydroxylation is 2. The average molecular weight is 567 g/mol. The minimum Gasteiger partial charge on any atom is -0.386 e. The van der Waals surface area contributed by atoms with Crippen molar-refractivity contribution in [3.05, 3.63) is 66.5 Å². The Morgan fingerprint density at radius 1 is 1.14 bits per heavy atom. The van der Waals surface area contributed by atoms with Crippen LogP contribution in [0.25, 0.3) is 22.2 Å². The van der Waals surface area contributed by atoms with Gasteiger partial charge in [0.15, 0.2) is 0 Å². The first-order valence-corrected chi connectivity index (χ1v) is 14.6. The van der Waals surface area contributed by atoms with Gasteiger partial charge in [-0.25, -0.2) is 9.97 Å². The van der Waals surface area contributed by atoms with E-state index in [0.717, 1.165) is 66.4 Å². The third-order valence-corrected chi connectivity index (χ3v) is 7.91. The first-order valence-electron chi connectivity index (χ1n) is 14.6. The van der Waals surface area contributed by atoms with Gasteiger partial charge < -0.3 is 30.3 Å². The maximum Gasteiger partial charge on any atom is 0.247 e. The fraction of sp³-hybridized carbons (Fsp3) is 0.364. The number of para-hydroxylation sites is 1. The highest BCUT2D eigenvalue weighted by atomic mass is 16.1. The Bertz CT molecular complexity index is 1620. The van der Waals surface area contributed by atoms with Crippen molar-refractivity contribution < 1.29 is 4.79 Å². The summed E-state index contributed by atoms with van der Waals surface area (Å²) in [6.07, 6.45) is 7.72. The van der Waals surface area contributed by atoms with E-state index in [4.69, 9.17) is 9.97 Å². The zero-order chi connectivity index (χ0) is 30.0. The van der Waals surface area contributed by atoms with Crippen LogP contribution in [0.4, 0.5) is 28.7 Å². The number of nitrogens with one attached hydrogen (secondary N) is 3. The maximum absolute atomic E-state index is 12.4. The Balaban J connectivity index is 1.57. The molecule has 9 nitrogen and oxygen atoms in total. The highest BCUT2D eigenvalue weighted by molar-refractivity contribution is 6.03. The van der Waals surface area contributed by atoms with E-state index in [1.54, 1.807) is 0 Å². The van der Waals surface area contributed by atoms with Crippen LogP contribution in [-0.2, 0) is 17.8 Å². The summed E-state index contributed by atoms with van der Waals surface area (Å²) < 4.78 is 2.38. The molecule has 5 rings (SSSR count). The number of hydrogen-bond donors (Lipinski definition) is 3. The molecule has 0 spiro atoms. The Kier molecular flexibility index (Phi) is 8.49. The molecule has 2 aromatic heterocycles. The summed E-state index contributed by atoms with van der Waals surface area (Å²) in [5, 5.41) is 11.0. The molecule has 1 aliphatic heterocycles. The summed E-state index contributed by atoms with van der Waals surface area (Å²) in [5.74, 6) is 0.479. The Morgan fingerprint density at radius 2 is 1.95 bits per heavy atom. The molecular formula is C33H42N8O. The van der Waals surface area contributed by atoms with E-state index < -0.39 is 0 Å². The lowest BCUT2D eigenvalue weighted by molar-refractivity contribution is -0.111. The lowest BCUT2D eigenvalue weighted by Crippen LogP contribution is -2.29. The van der Waals surface area contributed by atoms with Crippen LogP contribution in [-0.4, -0.2) is 66.6 Å². The van der Waals surface area contributed by atoms with Gasteiger partial charge in [0.25, 0.3) is 0 Å². The van der Waals surface area contributed by atoms with Crippen LogP contribution < -0.4 is 20.9 Å². The zero-order valence-electron chi connectivity index (χ0n) is 25.6. The van der Waals surface area contributed by atoms with E-state index in [9.17, 15) is 4.79 Å². The lowest BCUT2D eigenvalue weighted by atomic mass is 9.97. The van der Waals surface area contributed by atoms with Crippen LogP contribution in [0.1, 0.15) is 37.3 Å². The fourth-order valence-electron chi connectivity index (χ4n) is 5.62. The molecule has 2 aromatic carbocycles. The molecule has 0 bridgehead atoms. The van der Waals surface area contributed by atoms with Gasteiger partial charge in [-0.2, -0.15) is 0 Å². The van der Waals surface area contributed by atoms with Gasteiger partial charge in [-0.3, -0.25) is 4.79 Å². The molecule has 1 amide bonds. The van der Waals surface area contributed by atoms with Crippen LogP contribution in [0.2, 0.25) is 0 Å². The van der Waals surface area contributed by atoms with Gasteiger partial charge in [-0.15, -0.1) is 0 Å². The minimum atomic E-state index is -0.270. The number of carbonyl (C=O) groups is 1. The van der Waals surface area contributed by atoms with Gasteiger partial charge in [0.2, 0.25) is 11.9 Å². The molecule has 220 valence electrons. The van der Waals surface area contributed by atoms with E-state index in [1.807, 2.05) is 46.5 Å². The monoisotopic (exact) mass is 566 g/mol. The summed E-state index contributed by atoms with van der Waals surface area (Å²) in [4.78, 5) is 26.5. The molecule has 0 saturated carbocycles. The van der Waals surface area contributed by atoms with Crippen molar-refractivity contribution >= 4 is 45.5 Å². The first-order chi connectivity index (χ1) is 20.2. The first kappa shape index (κ1) is 29.1. The maximum atomic E-state index is 12.4. The molecular weight excluding hydrogens is 524 g/mol. The van der Waals surface area contributed by atoms with E-state index in [-0.39, 0.29) is 11.8 Å². The number of nitrogens with zero attached hydrogens (tertiary/aromatic N) is 5. The topological polar surface area (TPSA) is 90.3 Å². The second-order valence-electron chi connectivity index (χ2n) is 11.5. The predicted octanol–water partition coefficient (Wildman–Crippen LogP) is 6.08. The van der Waals surface area contributed by atoms with Gasteiger partial charge in [0.1, 0.15) is 0 Å². The third kappa shape index (κ3) is 5.83. The van der Waals surface area contributed by atoms with Crippen LogP contribution in [0.3, 0.4) is 0 Å². The quantitative estimate of drug-likeness (QED) is 0.190. The van der Waals surface area contributed by atoms with Crippen LogP contribution in [0.5, 0.6) is 0 Å².